The number of fused-ring (bicyclic) bond motifs is 1. The topological polar surface area (TPSA) is 324 Å². The number of anilines is 1. The van der Waals surface area contributed by atoms with Crippen LogP contribution in [0, 0.1) is 6.92 Å². The van der Waals surface area contributed by atoms with Gasteiger partial charge in [0.2, 0.25) is 15.9 Å². The van der Waals surface area contributed by atoms with E-state index in [1.807, 2.05) is 0 Å². The zero-order chi connectivity index (χ0) is 43.3. The van der Waals surface area contributed by atoms with Crippen LogP contribution >= 0.6 is 12.0 Å². The van der Waals surface area contributed by atoms with Gasteiger partial charge in [-0.2, -0.15) is 14.6 Å². The number of nitrogens with zero attached hydrogens (tertiary/aromatic N) is 4. The summed E-state index contributed by atoms with van der Waals surface area (Å²) in [6.45, 7) is 9.28. The second kappa shape index (κ2) is 23.3. The molecule has 21 nitrogen and oxygen atoms in total. The van der Waals surface area contributed by atoms with Gasteiger partial charge in [-0.3, -0.25) is 14.6 Å². The van der Waals surface area contributed by atoms with Crippen molar-refractivity contribution in [1.29, 1.82) is 0 Å². The van der Waals surface area contributed by atoms with Crippen molar-refractivity contribution in [3.05, 3.63) is 72.2 Å². The number of phenolic OH excluding ortho intramolecular Hbond substituents is 1. The maximum atomic E-state index is 13.5. The van der Waals surface area contributed by atoms with Crippen LogP contribution in [0.15, 0.2) is 101 Å². The van der Waals surface area contributed by atoms with Crippen LogP contribution in [-0.2, 0) is 49.0 Å². The number of carbonyl (C=O) groups excluding carboxylic acids is 2. The molecule has 308 valence electrons. The SMILES string of the molecule is C=Cc1cc(S(=O)(=O)[O-])c(N=Nc2c(SOO[O-])cc3c(S(=O)(=O)[O-])c(NC(=O)C(N=Nc4cc(OC)c(S(=O)(=O)C=C)cc4OC)C(C)=O)ccc3c2O)cc1C.[Na+].[Na+].[Na+]. The summed E-state index contributed by atoms with van der Waals surface area (Å²) in [6, 6.07) is 5.03. The van der Waals surface area contributed by atoms with E-state index in [2.05, 4.69) is 48.3 Å². The first kappa shape index (κ1) is 56.4. The van der Waals surface area contributed by atoms with Crippen LogP contribution in [0.3, 0.4) is 0 Å². The Morgan fingerprint density at radius 3 is 2.02 bits per heavy atom. The second-order valence-corrected chi connectivity index (χ2v) is 16.7. The number of aryl methyl sites for hydroxylation is 1. The van der Waals surface area contributed by atoms with Crippen molar-refractivity contribution in [3.63, 3.8) is 0 Å². The summed E-state index contributed by atoms with van der Waals surface area (Å²) in [5.74, 6) is -3.58. The van der Waals surface area contributed by atoms with E-state index in [0.717, 1.165) is 50.4 Å². The van der Waals surface area contributed by atoms with E-state index in [1.54, 1.807) is 6.92 Å². The maximum absolute atomic E-state index is 13.5. The van der Waals surface area contributed by atoms with Crippen molar-refractivity contribution in [2.75, 3.05) is 19.5 Å². The minimum Gasteiger partial charge on any atom is -0.744 e. The molecule has 0 aliphatic carbocycles. The molecule has 0 spiro atoms. The summed E-state index contributed by atoms with van der Waals surface area (Å²) >= 11 is 0.0361. The van der Waals surface area contributed by atoms with Crippen LogP contribution in [0.4, 0.5) is 22.7 Å². The quantitative estimate of drug-likeness (QED) is 0.0192. The fourth-order valence-corrected chi connectivity index (χ4v) is 7.96. The van der Waals surface area contributed by atoms with Crippen molar-refractivity contribution < 1.29 is 162 Å². The number of rotatable bonds is 17. The molecule has 0 aliphatic rings. The molecular weight excluding hydrogens is 920 g/mol. The fourth-order valence-electron chi connectivity index (χ4n) is 5.15. The zero-order valence-corrected chi connectivity index (χ0v) is 42.4. The van der Waals surface area contributed by atoms with Crippen molar-refractivity contribution >= 4 is 93.4 Å². The number of aromatic hydroxyl groups is 1. The van der Waals surface area contributed by atoms with Crippen LogP contribution in [0.1, 0.15) is 18.1 Å². The molecule has 28 heteroatoms. The number of ketones is 1. The van der Waals surface area contributed by atoms with E-state index in [0.29, 0.717) is 11.0 Å². The summed E-state index contributed by atoms with van der Waals surface area (Å²) in [5.41, 5.74) is -1.31. The Kier molecular flexibility index (Phi) is 21.6. The fraction of sp³-hybridized carbons (Fsp3) is 0.152. The number of methoxy groups -OCH3 is 2. The third-order valence-corrected chi connectivity index (χ3v) is 11.6. The van der Waals surface area contributed by atoms with Crippen LogP contribution in [0.25, 0.3) is 16.8 Å². The Bertz CT molecular complexity index is 2770. The van der Waals surface area contributed by atoms with E-state index in [9.17, 15) is 54.3 Å². The molecule has 0 radical (unpaired) electrons. The zero-order valence-electron chi connectivity index (χ0n) is 33.2. The van der Waals surface area contributed by atoms with Crippen molar-refractivity contribution in [1.82, 2.24) is 0 Å². The van der Waals surface area contributed by atoms with Crippen molar-refractivity contribution in [2.45, 2.75) is 39.5 Å². The number of ether oxygens (including phenoxy) is 2. The van der Waals surface area contributed by atoms with Crippen LogP contribution in [0.2, 0.25) is 0 Å². The number of amides is 1. The predicted molar refractivity (Wildman–Crippen MR) is 200 cm³/mol. The number of Topliss-reactive ketones (excluding diaryl/α,β-unsaturated/α-hetero) is 1. The number of sulfone groups is 1. The summed E-state index contributed by atoms with van der Waals surface area (Å²) in [5, 5.41) is 42.3. The Hall–Kier alpha value is -2.64. The Morgan fingerprint density at radius 2 is 1.49 bits per heavy atom. The first-order chi connectivity index (χ1) is 27.1. The molecule has 1 amide bonds. The van der Waals surface area contributed by atoms with Gasteiger partial charge in [-0.1, -0.05) is 19.2 Å². The molecular formula is C33H28N5Na3O16S4. The summed E-state index contributed by atoms with van der Waals surface area (Å²) in [6.07, 6.45) is 1.29. The Balaban J connectivity index is 0.00000620. The van der Waals surface area contributed by atoms with Crippen LogP contribution < -0.4 is 109 Å². The van der Waals surface area contributed by atoms with E-state index in [-0.39, 0.29) is 128 Å². The van der Waals surface area contributed by atoms with Gasteiger partial charge < -0.3 is 34.3 Å². The minimum absolute atomic E-state index is 0. The molecule has 0 aliphatic heterocycles. The first-order valence-corrected chi connectivity index (χ1v) is 20.7. The molecule has 4 aromatic rings. The first-order valence-electron chi connectivity index (χ1n) is 15.6. The summed E-state index contributed by atoms with van der Waals surface area (Å²) in [7, 11) is -12.5. The monoisotopic (exact) mass is 947 g/mol. The predicted octanol–water partition coefficient (Wildman–Crippen LogP) is -4.42. The number of hydrogen-bond donors (Lipinski definition) is 2. The van der Waals surface area contributed by atoms with Gasteiger partial charge in [0.1, 0.15) is 53.7 Å². The average molecular weight is 948 g/mol. The van der Waals surface area contributed by atoms with Gasteiger partial charge in [-0.05, 0) is 55.3 Å². The van der Waals surface area contributed by atoms with Gasteiger partial charge in [-0.15, -0.1) is 10.2 Å². The Morgan fingerprint density at radius 1 is 0.852 bits per heavy atom. The molecule has 61 heavy (non-hydrogen) atoms. The van der Waals surface area contributed by atoms with Crippen molar-refractivity contribution in [3.8, 4) is 17.2 Å². The number of nitrogens with one attached hydrogen (secondary N) is 1. The number of hydrogen-bond acceptors (Lipinski definition) is 21. The minimum atomic E-state index is -5.61. The molecule has 0 heterocycles. The van der Waals surface area contributed by atoms with E-state index in [4.69, 9.17) is 9.47 Å². The number of azo groups is 2. The molecule has 0 aromatic heterocycles. The standard InChI is InChI=1S/C33H31N5O16S4.3Na/c1-7-18-12-27(57(45,46)47)23(11-16(18)3)36-38-30-26(55-54-53-42)13-20-19(31(30)40)9-10-21(32(20)58(48,49)50)34-33(41)29(17(4)39)37-35-22-14-25(52-6)28(15-24(22)51-5)56(43,44)8-2;;;/h7-15,29,40,42H,1-2H2,3-6H3,(H,34,41)(H,45,46,47)(H,48,49,50);;;/q;3*+1/p-3. The average Bonchev–Trinajstić information content (AvgIpc) is 3.15. The van der Waals surface area contributed by atoms with E-state index in [1.165, 1.54) is 19.3 Å². The molecule has 4 aromatic carbocycles. The molecule has 1 atom stereocenters. The van der Waals surface area contributed by atoms with Gasteiger partial charge in [-0.25, -0.2) is 25.3 Å². The number of benzene rings is 4. The third kappa shape index (κ3) is 13.2. The Labute approximate surface area is 419 Å². The second-order valence-electron chi connectivity index (χ2n) is 11.4. The summed E-state index contributed by atoms with van der Waals surface area (Å²) < 4.78 is 114. The molecule has 4 rings (SSSR count). The van der Waals surface area contributed by atoms with Gasteiger partial charge in [0, 0.05) is 28.3 Å². The molecule has 0 bridgehead atoms. The van der Waals surface area contributed by atoms with Gasteiger partial charge in [0.15, 0.2) is 11.5 Å². The normalized spacial score (nSPS) is 12.2. The third-order valence-electron chi connectivity index (χ3n) is 7.84. The van der Waals surface area contributed by atoms with E-state index < -0.39 is 96.1 Å². The maximum Gasteiger partial charge on any atom is 1.00 e. The molecule has 0 fully saturated rings. The molecule has 2 N–H and O–H groups in total. The van der Waals surface area contributed by atoms with Gasteiger partial charge >= 0.3 is 88.7 Å². The molecule has 1 unspecified atom stereocenters. The molecule has 0 saturated carbocycles. The molecule has 0 saturated heterocycles. The largest absolute Gasteiger partial charge is 1.00 e. The van der Waals surface area contributed by atoms with Crippen molar-refractivity contribution in [2.24, 2.45) is 20.5 Å². The van der Waals surface area contributed by atoms with Gasteiger partial charge in [0.05, 0.1) is 46.6 Å². The van der Waals surface area contributed by atoms with E-state index >= 15 is 0 Å². The number of carbonyl (C=O) groups is 2. The smallest absolute Gasteiger partial charge is 0.744 e. The van der Waals surface area contributed by atoms with Crippen LogP contribution in [-0.4, -0.2) is 71.4 Å². The van der Waals surface area contributed by atoms with Crippen LogP contribution in [0.5, 0.6) is 17.2 Å². The van der Waals surface area contributed by atoms with Gasteiger partial charge in [0.25, 0.3) is 5.91 Å². The summed E-state index contributed by atoms with van der Waals surface area (Å²) in [4.78, 5) is 23.3. The number of phenols is 1.